The largest absolute Gasteiger partial charge is 0.465 e. The molecule has 2 rings (SSSR count). The molecule has 1 heterocycles. The quantitative estimate of drug-likeness (QED) is 0.0692. The Kier molecular flexibility index (Phi) is 20.5. The molecule has 1 fully saturated rings. The molecule has 0 aromatic heterocycles. The van der Waals surface area contributed by atoms with Gasteiger partial charge in [-0.2, -0.15) is 0 Å². The van der Waals surface area contributed by atoms with Gasteiger partial charge >= 0.3 is 35.9 Å². The van der Waals surface area contributed by atoms with Crippen molar-refractivity contribution < 1.29 is 76.3 Å². The van der Waals surface area contributed by atoms with Crippen LogP contribution in [-0.2, 0) is 77.9 Å². The molecule has 1 aromatic rings. The third-order valence-electron chi connectivity index (χ3n) is 8.47. The monoisotopic (exact) mass is 847 g/mol. The van der Waals surface area contributed by atoms with E-state index < -0.39 is 109 Å². The molecule has 0 bridgehead atoms. The molecule has 3 amide bonds. The zero-order chi connectivity index (χ0) is 45.0. The van der Waals surface area contributed by atoms with Gasteiger partial charge in [0, 0.05) is 39.8 Å². The molecular weight excluding hydrogens is 790 g/mol. The van der Waals surface area contributed by atoms with E-state index in [1.807, 2.05) is 0 Å². The third-order valence-corrected chi connectivity index (χ3v) is 8.47. The molecule has 3 N–H and O–H groups in total. The van der Waals surface area contributed by atoms with Crippen LogP contribution >= 0.6 is 0 Å². The van der Waals surface area contributed by atoms with Crippen LogP contribution in [-0.4, -0.2) is 123 Å². The van der Waals surface area contributed by atoms with E-state index in [4.69, 9.17) is 44.3 Å². The van der Waals surface area contributed by atoms with E-state index in [-0.39, 0.29) is 13.0 Å². The number of ether oxygens (including phenoxy) is 8. The second-order valence-electron chi connectivity index (χ2n) is 14.8. The predicted molar refractivity (Wildman–Crippen MR) is 209 cm³/mol. The van der Waals surface area contributed by atoms with Crippen LogP contribution in [0.1, 0.15) is 91.7 Å². The van der Waals surface area contributed by atoms with Gasteiger partial charge in [0.05, 0.1) is 39.1 Å². The fraction of sp³-hybridized carbons (Fsp3) is 0.610. The number of carbonyl (C=O) groups excluding carboxylic acids is 8. The molecule has 0 spiro atoms. The zero-order valence-corrected chi connectivity index (χ0v) is 35.4. The summed E-state index contributed by atoms with van der Waals surface area (Å²) in [6, 6.07) is 5.12. The number of methoxy groups -OCH3 is 1. The minimum Gasteiger partial charge on any atom is -0.465 e. The zero-order valence-electron chi connectivity index (χ0n) is 35.4. The van der Waals surface area contributed by atoms with Crippen LogP contribution in [0.5, 0.6) is 0 Å². The molecule has 1 aliphatic heterocycles. The van der Waals surface area contributed by atoms with Gasteiger partial charge in [-0.05, 0) is 51.3 Å². The first-order valence-corrected chi connectivity index (χ1v) is 19.3. The number of hydrogen-bond acceptors (Lipinski definition) is 16. The molecule has 1 saturated heterocycles. The Morgan fingerprint density at radius 3 is 2.08 bits per heavy atom. The average molecular weight is 848 g/mol. The first-order valence-electron chi connectivity index (χ1n) is 19.3. The Labute approximate surface area is 349 Å². The normalized spacial score (nSPS) is 19.5. The first kappa shape index (κ1) is 50.4. The van der Waals surface area contributed by atoms with E-state index in [1.54, 1.807) is 45.0 Å². The van der Waals surface area contributed by atoms with Crippen molar-refractivity contribution in [2.75, 3.05) is 33.4 Å². The Morgan fingerprint density at radius 2 is 1.52 bits per heavy atom. The standard InChI is InChI=1S/C41H57N3O16/c1-10-29-15-17-30(18-16-29)21-33(49)43-23-32(57-27(4)47)36(58-28(5)48)37-35(44-34(50)24-54-25(2)45)31(56-26(3)46)22-41(59-37,38(51)53-9)55-20-14-12-11-13-19-42-39(52)60-40(6,7)8/h1,15-18,31-32,35-37H,11-14,19-24H2,2-9H3,(H,42,52)(H,43,49)(H,44,50)/t31-,32+,35+,36+,37+,41+/m0/s1. The second kappa shape index (κ2) is 24.4. The van der Waals surface area contributed by atoms with E-state index in [0.29, 0.717) is 43.4 Å². The van der Waals surface area contributed by atoms with E-state index in [2.05, 4.69) is 21.9 Å². The lowest BCUT2D eigenvalue weighted by molar-refractivity contribution is -0.313. The van der Waals surface area contributed by atoms with Crippen LogP contribution < -0.4 is 16.0 Å². The summed E-state index contributed by atoms with van der Waals surface area (Å²) in [5.41, 5.74) is 0.553. The smallest absolute Gasteiger partial charge is 0.407 e. The Morgan fingerprint density at radius 1 is 0.867 bits per heavy atom. The van der Waals surface area contributed by atoms with Gasteiger partial charge in [0.2, 0.25) is 5.91 Å². The van der Waals surface area contributed by atoms with Crippen molar-refractivity contribution in [3.8, 4) is 12.3 Å². The van der Waals surface area contributed by atoms with Crippen LogP contribution in [0, 0.1) is 12.3 Å². The number of hydrogen-bond donors (Lipinski definition) is 3. The number of rotatable bonds is 21. The summed E-state index contributed by atoms with van der Waals surface area (Å²) in [6.07, 6.45) is -0.171. The van der Waals surface area contributed by atoms with Gasteiger partial charge in [-0.15, -0.1) is 6.42 Å². The fourth-order valence-corrected chi connectivity index (χ4v) is 6.04. The van der Waals surface area contributed by atoms with Gasteiger partial charge in [0.15, 0.2) is 18.8 Å². The predicted octanol–water partition coefficient (Wildman–Crippen LogP) is 1.93. The lowest BCUT2D eigenvalue weighted by Crippen LogP contribution is -2.70. The highest BCUT2D eigenvalue weighted by molar-refractivity contribution is 5.81. The molecule has 19 nitrogen and oxygen atoms in total. The molecule has 1 aliphatic rings. The summed E-state index contributed by atoms with van der Waals surface area (Å²) >= 11 is 0. The molecule has 0 radical (unpaired) electrons. The van der Waals surface area contributed by atoms with Crippen molar-refractivity contribution in [3.05, 3.63) is 35.4 Å². The highest BCUT2D eigenvalue weighted by Crippen LogP contribution is 2.37. The van der Waals surface area contributed by atoms with Gasteiger partial charge in [-0.25, -0.2) is 9.59 Å². The maximum atomic E-state index is 13.7. The van der Waals surface area contributed by atoms with Crippen LogP contribution in [0.2, 0.25) is 0 Å². The van der Waals surface area contributed by atoms with Crippen LogP contribution in [0.4, 0.5) is 4.79 Å². The van der Waals surface area contributed by atoms with Crippen LogP contribution in [0.25, 0.3) is 0 Å². The average Bonchev–Trinajstić information content (AvgIpc) is 3.15. The SMILES string of the molecule is C#Cc1ccc(CC(=O)NC[C@@H](OC(C)=O)[C@@H](OC(C)=O)[C@@H]2O[C@@](OCCCCCCNC(=O)OC(C)(C)C)(C(=O)OC)C[C@H](OC(C)=O)[C@H]2NC(=O)COC(C)=O)cc1. The Balaban J connectivity index is 2.50. The summed E-state index contributed by atoms with van der Waals surface area (Å²) in [4.78, 5) is 101. The van der Waals surface area contributed by atoms with Gasteiger partial charge in [0.25, 0.3) is 11.7 Å². The van der Waals surface area contributed by atoms with E-state index in [0.717, 1.165) is 34.8 Å². The molecule has 1 aromatic carbocycles. The number of esters is 5. The molecular formula is C41H57N3O16. The lowest BCUT2D eigenvalue weighted by Gasteiger charge is -2.48. The Hall–Kier alpha value is -5.74. The van der Waals surface area contributed by atoms with Crippen molar-refractivity contribution in [1.82, 2.24) is 16.0 Å². The van der Waals surface area contributed by atoms with Crippen LogP contribution in [0.15, 0.2) is 24.3 Å². The number of benzene rings is 1. The van der Waals surface area contributed by atoms with Crippen molar-refractivity contribution in [2.24, 2.45) is 0 Å². The number of alkyl carbamates (subject to hydrolysis) is 1. The summed E-state index contributed by atoms with van der Waals surface area (Å²) in [5, 5.41) is 7.87. The summed E-state index contributed by atoms with van der Waals surface area (Å²) in [5.74, 6) is -5.90. The van der Waals surface area contributed by atoms with Crippen molar-refractivity contribution in [3.63, 3.8) is 0 Å². The maximum absolute atomic E-state index is 13.7. The fourth-order valence-electron chi connectivity index (χ4n) is 6.04. The van der Waals surface area contributed by atoms with Gasteiger partial charge in [-0.1, -0.05) is 30.9 Å². The summed E-state index contributed by atoms with van der Waals surface area (Å²) in [7, 11) is 1.05. The molecule has 6 atom stereocenters. The first-order chi connectivity index (χ1) is 28.2. The third kappa shape index (κ3) is 18.0. The highest BCUT2D eigenvalue weighted by Gasteiger charge is 2.59. The number of amides is 3. The molecule has 0 unspecified atom stereocenters. The minimum atomic E-state index is -2.37. The number of nitrogens with one attached hydrogen (secondary N) is 3. The van der Waals surface area contributed by atoms with Gasteiger partial charge < -0.3 is 53.8 Å². The molecule has 0 aliphatic carbocycles. The van der Waals surface area contributed by atoms with Crippen molar-refractivity contribution >= 4 is 47.8 Å². The van der Waals surface area contributed by atoms with Gasteiger partial charge in [0.1, 0.15) is 17.8 Å². The minimum absolute atomic E-state index is 0.123. The molecule has 0 saturated carbocycles. The number of carbonyl (C=O) groups is 8. The highest BCUT2D eigenvalue weighted by atomic mass is 16.7. The molecule has 332 valence electrons. The van der Waals surface area contributed by atoms with Crippen LogP contribution in [0.3, 0.4) is 0 Å². The van der Waals surface area contributed by atoms with Gasteiger partial charge in [-0.3, -0.25) is 28.8 Å². The Bertz CT molecular complexity index is 1700. The van der Waals surface area contributed by atoms with E-state index >= 15 is 0 Å². The molecule has 60 heavy (non-hydrogen) atoms. The van der Waals surface area contributed by atoms with E-state index in [9.17, 15) is 38.4 Å². The number of terminal acetylenes is 1. The maximum Gasteiger partial charge on any atom is 0.407 e. The summed E-state index contributed by atoms with van der Waals surface area (Å²) in [6.45, 7) is 8.44. The topological polar surface area (TPSA) is 246 Å². The second-order valence-corrected chi connectivity index (χ2v) is 14.8. The number of unbranched alkanes of at least 4 members (excludes halogenated alkanes) is 3. The van der Waals surface area contributed by atoms with Crippen molar-refractivity contribution in [2.45, 2.75) is 129 Å². The lowest BCUT2D eigenvalue weighted by atomic mass is 9.87. The van der Waals surface area contributed by atoms with E-state index in [1.165, 1.54) is 0 Å². The molecule has 19 heteroatoms. The summed E-state index contributed by atoms with van der Waals surface area (Å²) < 4.78 is 44.5. The van der Waals surface area contributed by atoms with Crippen molar-refractivity contribution in [1.29, 1.82) is 0 Å².